The SMILES string of the molecule is CC(CC(=O)O)NC(=O)NCc1ccc([N+](=O)[O-])cc1. The van der Waals surface area contributed by atoms with E-state index in [1.54, 1.807) is 19.1 Å². The highest BCUT2D eigenvalue weighted by molar-refractivity contribution is 5.75. The molecule has 8 heteroatoms. The summed E-state index contributed by atoms with van der Waals surface area (Å²) in [6.07, 6.45) is -0.162. The Morgan fingerprint density at radius 3 is 2.45 bits per heavy atom. The summed E-state index contributed by atoms with van der Waals surface area (Å²) in [6, 6.07) is 4.81. The molecule has 3 N–H and O–H groups in total. The molecule has 0 saturated carbocycles. The van der Waals surface area contributed by atoms with Crippen molar-refractivity contribution in [3.8, 4) is 0 Å². The van der Waals surface area contributed by atoms with Crippen LogP contribution >= 0.6 is 0 Å². The van der Waals surface area contributed by atoms with Crippen LogP contribution in [0.1, 0.15) is 18.9 Å². The summed E-state index contributed by atoms with van der Waals surface area (Å²) in [5.41, 5.74) is 0.685. The zero-order valence-electron chi connectivity index (χ0n) is 10.8. The van der Waals surface area contributed by atoms with E-state index in [-0.39, 0.29) is 18.7 Å². The number of carbonyl (C=O) groups is 2. The molecule has 0 fully saturated rings. The minimum absolute atomic E-state index is 0.0201. The summed E-state index contributed by atoms with van der Waals surface area (Å²) in [7, 11) is 0. The second-order valence-corrected chi connectivity index (χ2v) is 4.25. The van der Waals surface area contributed by atoms with E-state index in [9.17, 15) is 19.7 Å². The number of amides is 2. The number of carboxylic acids is 1. The van der Waals surface area contributed by atoms with Crippen LogP contribution in [0.2, 0.25) is 0 Å². The Morgan fingerprint density at radius 1 is 1.35 bits per heavy atom. The number of carbonyl (C=O) groups excluding carboxylic acids is 1. The zero-order valence-corrected chi connectivity index (χ0v) is 10.8. The summed E-state index contributed by atoms with van der Waals surface area (Å²) in [5.74, 6) is -0.992. The van der Waals surface area contributed by atoms with Gasteiger partial charge in [-0.05, 0) is 12.5 Å². The number of urea groups is 1. The smallest absolute Gasteiger partial charge is 0.315 e. The van der Waals surface area contributed by atoms with Crippen LogP contribution in [0.4, 0.5) is 10.5 Å². The molecule has 1 aromatic rings. The van der Waals surface area contributed by atoms with Gasteiger partial charge >= 0.3 is 12.0 Å². The van der Waals surface area contributed by atoms with Gasteiger partial charge in [0.05, 0.1) is 11.3 Å². The van der Waals surface area contributed by atoms with Crippen LogP contribution in [-0.4, -0.2) is 28.1 Å². The van der Waals surface area contributed by atoms with E-state index in [4.69, 9.17) is 5.11 Å². The van der Waals surface area contributed by atoms with Gasteiger partial charge in [-0.2, -0.15) is 0 Å². The van der Waals surface area contributed by atoms with Crippen molar-refractivity contribution in [2.75, 3.05) is 0 Å². The third kappa shape index (κ3) is 5.34. The Labute approximate surface area is 114 Å². The molecule has 0 aliphatic carbocycles. The molecular weight excluding hydrogens is 266 g/mol. The molecule has 1 atom stereocenters. The van der Waals surface area contributed by atoms with Crippen LogP contribution in [0, 0.1) is 10.1 Å². The number of non-ortho nitro benzene ring substituents is 1. The van der Waals surface area contributed by atoms with Gasteiger partial charge in [0.25, 0.3) is 5.69 Å². The molecule has 1 rings (SSSR count). The fraction of sp³-hybridized carbons (Fsp3) is 0.333. The minimum atomic E-state index is -0.992. The first kappa shape index (κ1) is 15.4. The summed E-state index contributed by atoms with van der Waals surface area (Å²) in [5, 5.41) is 24.0. The van der Waals surface area contributed by atoms with Crippen LogP contribution < -0.4 is 10.6 Å². The summed E-state index contributed by atoms with van der Waals surface area (Å²) in [6.45, 7) is 1.78. The van der Waals surface area contributed by atoms with Crippen LogP contribution in [-0.2, 0) is 11.3 Å². The molecule has 0 aliphatic heterocycles. The van der Waals surface area contributed by atoms with E-state index in [1.807, 2.05) is 0 Å². The van der Waals surface area contributed by atoms with Gasteiger partial charge in [-0.15, -0.1) is 0 Å². The van der Waals surface area contributed by atoms with Crippen molar-refractivity contribution in [1.82, 2.24) is 10.6 Å². The van der Waals surface area contributed by atoms with Gasteiger partial charge in [-0.25, -0.2) is 4.79 Å². The monoisotopic (exact) mass is 281 g/mol. The topological polar surface area (TPSA) is 122 Å². The van der Waals surface area contributed by atoms with Crippen molar-refractivity contribution in [2.45, 2.75) is 25.9 Å². The maximum atomic E-state index is 11.5. The lowest BCUT2D eigenvalue weighted by Crippen LogP contribution is -2.41. The quantitative estimate of drug-likeness (QED) is 0.535. The van der Waals surface area contributed by atoms with Crippen LogP contribution in [0.3, 0.4) is 0 Å². The number of hydrogen-bond acceptors (Lipinski definition) is 4. The number of rotatable bonds is 6. The number of nitrogens with zero attached hydrogens (tertiary/aromatic N) is 1. The summed E-state index contributed by atoms with van der Waals surface area (Å²) < 4.78 is 0. The van der Waals surface area contributed by atoms with E-state index in [0.29, 0.717) is 5.56 Å². The lowest BCUT2D eigenvalue weighted by molar-refractivity contribution is -0.384. The number of nitro benzene ring substituents is 1. The van der Waals surface area contributed by atoms with Gasteiger partial charge in [0, 0.05) is 24.7 Å². The second-order valence-electron chi connectivity index (χ2n) is 4.25. The van der Waals surface area contributed by atoms with Crippen molar-refractivity contribution in [1.29, 1.82) is 0 Å². The third-order valence-electron chi connectivity index (χ3n) is 2.46. The molecular formula is C12H15N3O5. The first-order chi connectivity index (χ1) is 9.38. The van der Waals surface area contributed by atoms with Gasteiger partial charge in [0.2, 0.25) is 0 Å². The molecule has 0 aromatic heterocycles. The number of aliphatic carboxylic acids is 1. The molecule has 1 aromatic carbocycles. The van der Waals surface area contributed by atoms with E-state index in [0.717, 1.165) is 0 Å². The summed E-state index contributed by atoms with van der Waals surface area (Å²) in [4.78, 5) is 31.9. The molecule has 108 valence electrons. The average molecular weight is 281 g/mol. The Hall–Kier alpha value is -2.64. The number of benzene rings is 1. The fourth-order valence-corrected chi connectivity index (χ4v) is 1.51. The second kappa shape index (κ2) is 7.07. The van der Waals surface area contributed by atoms with Crippen LogP contribution in [0.15, 0.2) is 24.3 Å². The van der Waals surface area contributed by atoms with Gasteiger partial charge < -0.3 is 15.7 Å². The third-order valence-corrected chi connectivity index (χ3v) is 2.46. The lowest BCUT2D eigenvalue weighted by Gasteiger charge is -2.12. The Balaban J connectivity index is 2.40. The average Bonchev–Trinajstić information content (AvgIpc) is 2.35. The molecule has 1 unspecified atom stereocenters. The van der Waals surface area contributed by atoms with E-state index in [1.165, 1.54) is 12.1 Å². The normalized spacial score (nSPS) is 11.4. The summed E-state index contributed by atoms with van der Waals surface area (Å²) >= 11 is 0. The van der Waals surface area contributed by atoms with E-state index < -0.39 is 23.0 Å². The van der Waals surface area contributed by atoms with Crippen molar-refractivity contribution < 1.29 is 19.6 Å². The molecule has 8 nitrogen and oxygen atoms in total. The van der Waals surface area contributed by atoms with Crippen molar-refractivity contribution in [3.63, 3.8) is 0 Å². The Morgan fingerprint density at radius 2 is 1.95 bits per heavy atom. The van der Waals surface area contributed by atoms with E-state index >= 15 is 0 Å². The first-order valence-corrected chi connectivity index (χ1v) is 5.88. The molecule has 0 radical (unpaired) electrons. The fourth-order valence-electron chi connectivity index (χ4n) is 1.51. The molecule has 0 heterocycles. The predicted octanol–water partition coefficient (Wildman–Crippen LogP) is 1.26. The molecule has 0 bridgehead atoms. The molecule has 0 spiro atoms. The standard InChI is InChI=1S/C12H15N3O5/c1-8(6-11(16)17)14-12(18)13-7-9-2-4-10(5-3-9)15(19)20/h2-5,8H,6-7H2,1H3,(H,16,17)(H2,13,14,18). The number of carboxylic acid groups (broad SMARTS) is 1. The predicted molar refractivity (Wildman–Crippen MR) is 70.2 cm³/mol. The minimum Gasteiger partial charge on any atom is -0.481 e. The van der Waals surface area contributed by atoms with Crippen molar-refractivity contribution >= 4 is 17.7 Å². The first-order valence-electron chi connectivity index (χ1n) is 5.88. The highest BCUT2D eigenvalue weighted by Crippen LogP contribution is 2.11. The van der Waals surface area contributed by atoms with Crippen LogP contribution in [0.5, 0.6) is 0 Å². The highest BCUT2D eigenvalue weighted by Gasteiger charge is 2.10. The molecule has 2 amide bonds. The highest BCUT2D eigenvalue weighted by atomic mass is 16.6. The molecule has 0 saturated heterocycles. The largest absolute Gasteiger partial charge is 0.481 e. The number of nitro groups is 1. The van der Waals surface area contributed by atoms with Crippen molar-refractivity contribution in [2.24, 2.45) is 0 Å². The lowest BCUT2D eigenvalue weighted by atomic mass is 10.2. The Kier molecular flexibility index (Phi) is 5.45. The number of hydrogen-bond donors (Lipinski definition) is 3. The zero-order chi connectivity index (χ0) is 15.1. The maximum Gasteiger partial charge on any atom is 0.315 e. The maximum absolute atomic E-state index is 11.5. The van der Waals surface area contributed by atoms with Gasteiger partial charge in [0.15, 0.2) is 0 Å². The van der Waals surface area contributed by atoms with Crippen LogP contribution in [0.25, 0.3) is 0 Å². The van der Waals surface area contributed by atoms with E-state index in [2.05, 4.69) is 10.6 Å². The number of nitrogens with one attached hydrogen (secondary N) is 2. The van der Waals surface area contributed by atoms with Gasteiger partial charge in [-0.1, -0.05) is 12.1 Å². The molecule has 20 heavy (non-hydrogen) atoms. The van der Waals surface area contributed by atoms with Gasteiger partial charge in [0.1, 0.15) is 0 Å². The van der Waals surface area contributed by atoms with Crippen molar-refractivity contribution in [3.05, 3.63) is 39.9 Å². The van der Waals surface area contributed by atoms with Gasteiger partial charge in [-0.3, -0.25) is 14.9 Å². The molecule has 0 aliphatic rings. The Bertz CT molecular complexity index is 500.